The lowest BCUT2D eigenvalue weighted by Crippen LogP contribution is -2.35. The van der Waals surface area contributed by atoms with Crippen molar-refractivity contribution in [3.8, 4) is 5.75 Å². The molecule has 0 bridgehead atoms. The van der Waals surface area contributed by atoms with E-state index >= 15 is 0 Å². The average Bonchev–Trinajstić information content (AvgIpc) is 2.70. The van der Waals surface area contributed by atoms with E-state index in [0.29, 0.717) is 17.2 Å². The monoisotopic (exact) mass is 310 g/mol. The Hall–Kier alpha value is -1.26. The van der Waals surface area contributed by atoms with Gasteiger partial charge in [-0.2, -0.15) is 0 Å². The SMILES string of the molecule is CN1CCC(Oc2ccc(CNC(C)(C)C)cc2Cl)C1=O. The van der Waals surface area contributed by atoms with E-state index in [4.69, 9.17) is 16.3 Å². The first-order valence-electron chi connectivity index (χ1n) is 7.21. The molecule has 0 saturated carbocycles. The summed E-state index contributed by atoms with van der Waals surface area (Å²) in [5.41, 5.74) is 1.15. The molecule has 21 heavy (non-hydrogen) atoms. The molecule has 1 aliphatic rings. The van der Waals surface area contributed by atoms with Crippen LogP contribution in [0.25, 0.3) is 0 Å². The molecule has 0 aliphatic carbocycles. The van der Waals surface area contributed by atoms with Crippen LogP contribution in [-0.4, -0.2) is 36.0 Å². The Morgan fingerprint density at radius 3 is 2.67 bits per heavy atom. The number of likely N-dealkylation sites (tertiary alicyclic amines) is 1. The molecule has 1 N–H and O–H groups in total. The molecular formula is C16H23ClN2O2. The van der Waals surface area contributed by atoms with E-state index in [1.165, 1.54) is 0 Å². The number of ether oxygens (including phenoxy) is 1. The Kier molecular flexibility index (Phi) is 4.79. The molecule has 1 saturated heterocycles. The number of amides is 1. The summed E-state index contributed by atoms with van der Waals surface area (Å²) in [6.45, 7) is 7.83. The summed E-state index contributed by atoms with van der Waals surface area (Å²) < 4.78 is 5.75. The van der Waals surface area contributed by atoms with Crippen LogP contribution < -0.4 is 10.1 Å². The van der Waals surface area contributed by atoms with E-state index in [-0.39, 0.29) is 11.4 Å². The smallest absolute Gasteiger partial charge is 0.263 e. The van der Waals surface area contributed by atoms with Gasteiger partial charge in [0.15, 0.2) is 6.10 Å². The Bertz CT molecular complexity index is 525. The Labute approximate surface area is 131 Å². The number of rotatable bonds is 4. The van der Waals surface area contributed by atoms with Crippen molar-refractivity contribution < 1.29 is 9.53 Å². The summed E-state index contributed by atoms with van der Waals surface area (Å²) in [6, 6.07) is 5.70. The van der Waals surface area contributed by atoms with Gasteiger partial charge in [-0.25, -0.2) is 0 Å². The fourth-order valence-corrected chi connectivity index (χ4v) is 2.42. The summed E-state index contributed by atoms with van der Waals surface area (Å²) in [5, 5.41) is 3.96. The summed E-state index contributed by atoms with van der Waals surface area (Å²) in [5.74, 6) is 0.592. The number of carbonyl (C=O) groups is 1. The molecule has 1 aromatic carbocycles. The normalized spacial score (nSPS) is 19.2. The van der Waals surface area contributed by atoms with Gasteiger partial charge in [0.1, 0.15) is 5.75 Å². The maximum atomic E-state index is 11.8. The van der Waals surface area contributed by atoms with Crippen molar-refractivity contribution in [2.75, 3.05) is 13.6 Å². The molecule has 5 heteroatoms. The molecule has 116 valence electrons. The predicted octanol–water partition coefficient (Wildman–Crippen LogP) is 2.84. The van der Waals surface area contributed by atoms with Gasteiger partial charge in [-0.3, -0.25) is 4.79 Å². The molecular weight excluding hydrogens is 288 g/mol. The van der Waals surface area contributed by atoms with Crippen LogP contribution >= 0.6 is 11.6 Å². The second-order valence-corrected chi connectivity index (χ2v) is 6.93. The van der Waals surface area contributed by atoms with Crippen molar-refractivity contribution in [1.29, 1.82) is 0 Å². The number of hydrogen-bond donors (Lipinski definition) is 1. The van der Waals surface area contributed by atoms with Crippen LogP contribution in [0.15, 0.2) is 18.2 Å². The summed E-state index contributed by atoms with van der Waals surface area (Å²) >= 11 is 6.26. The largest absolute Gasteiger partial charge is 0.479 e. The zero-order valence-electron chi connectivity index (χ0n) is 13.1. The van der Waals surface area contributed by atoms with Crippen molar-refractivity contribution in [2.24, 2.45) is 0 Å². The Morgan fingerprint density at radius 1 is 1.43 bits per heavy atom. The molecule has 1 aromatic rings. The van der Waals surface area contributed by atoms with Crippen molar-refractivity contribution in [3.05, 3.63) is 28.8 Å². The molecule has 1 heterocycles. The second kappa shape index (κ2) is 6.24. The van der Waals surface area contributed by atoms with Crippen LogP contribution in [0.5, 0.6) is 5.75 Å². The highest BCUT2D eigenvalue weighted by Gasteiger charge is 2.31. The first-order chi connectivity index (χ1) is 9.76. The van der Waals surface area contributed by atoms with E-state index in [2.05, 4.69) is 26.1 Å². The lowest BCUT2D eigenvalue weighted by Gasteiger charge is -2.21. The minimum Gasteiger partial charge on any atom is -0.479 e. The van der Waals surface area contributed by atoms with Gasteiger partial charge >= 0.3 is 0 Å². The summed E-state index contributed by atoms with van der Waals surface area (Å²) in [7, 11) is 1.79. The van der Waals surface area contributed by atoms with E-state index < -0.39 is 6.10 Å². The maximum Gasteiger partial charge on any atom is 0.263 e. The van der Waals surface area contributed by atoms with Gasteiger partial charge in [0.05, 0.1) is 5.02 Å². The van der Waals surface area contributed by atoms with Gasteiger partial charge in [-0.15, -0.1) is 0 Å². The predicted molar refractivity (Wildman–Crippen MR) is 84.7 cm³/mol. The molecule has 1 amide bonds. The highest BCUT2D eigenvalue weighted by atomic mass is 35.5. The molecule has 4 nitrogen and oxygen atoms in total. The molecule has 1 atom stereocenters. The van der Waals surface area contributed by atoms with E-state index in [1.54, 1.807) is 11.9 Å². The van der Waals surface area contributed by atoms with Crippen molar-refractivity contribution >= 4 is 17.5 Å². The topological polar surface area (TPSA) is 41.6 Å². The standard InChI is InChI=1S/C16H23ClN2O2/c1-16(2,3)18-10-11-5-6-13(12(17)9-11)21-14-7-8-19(4)15(14)20/h5-6,9,14,18H,7-8,10H2,1-4H3. The van der Waals surface area contributed by atoms with E-state index in [1.807, 2.05) is 18.2 Å². The van der Waals surface area contributed by atoms with Crippen LogP contribution in [0.4, 0.5) is 0 Å². The summed E-state index contributed by atoms with van der Waals surface area (Å²) in [6.07, 6.45) is 0.296. The molecule has 1 aliphatic heterocycles. The number of hydrogen-bond acceptors (Lipinski definition) is 3. The number of nitrogens with zero attached hydrogens (tertiary/aromatic N) is 1. The van der Waals surface area contributed by atoms with Gasteiger partial charge in [-0.05, 0) is 38.5 Å². The van der Waals surface area contributed by atoms with E-state index in [0.717, 1.165) is 18.7 Å². The molecule has 0 aromatic heterocycles. The van der Waals surface area contributed by atoms with Crippen LogP contribution in [-0.2, 0) is 11.3 Å². The minimum atomic E-state index is -0.411. The third-order valence-electron chi connectivity index (χ3n) is 3.47. The zero-order chi connectivity index (χ0) is 15.6. The molecule has 1 fully saturated rings. The molecule has 0 radical (unpaired) electrons. The quantitative estimate of drug-likeness (QED) is 0.930. The zero-order valence-corrected chi connectivity index (χ0v) is 13.8. The van der Waals surface area contributed by atoms with Gasteiger partial charge in [0, 0.05) is 32.1 Å². The molecule has 0 spiro atoms. The average molecular weight is 311 g/mol. The number of carbonyl (C=O) groups excluding carboxylic acids is 1. The van der Waals surface area contributed by atoms with Crippen LogP contribution in [0, 0.1) is 0 Å². The highest BCUT2D eigenvalue weighted by molar-refractivity contribution is 6.32. The molecule has 2 rings (SSSR count). The number of nitrogens with one attached hydrogen (secondary N) is 1. The van der Waals surface area contributed by atoms with Gasteiger partial charge in [0.25, 0.3) is 5.91 Å². The fourth-order valence-electron chi connectivity index (χ4n) is 2.17. The second-order valence-electron chi connectivity index (χ2n) is 6.52. The van der Waals surface area contributed by atoms with Gasteiger partial charge in [0.2, 0.25) is 0 Å². The van der Waals surface area contributed by atoms with E-state index in [9.17, 15) is 4.79 Å². The lowest BCUT2D eigenvalue weighted by molar-refractivity contribution is -0.132. The van der Waals surface area contributed by atoms with Crippen LogP contribution in [0.3, 0.4) is 0 Å². The van der Waals surface area contributed by atoms with Crippen LogP contribution in [0.2, 0.25) is 5.02 Å². The maximum absolute atomic E-state index is 11.8. The molecule has 1 unspecified atom stereocenters. The van der Waals surface area contributed by atoms with Crippen molar-refractivity contribution in [2.45, 2.75) is 45.4 Å². The van der Waals surface area contributed by atoms with Crippen molar-refractivity contribution in [3.63, 3.8) is 0 Å². The van der Waals surface area contributed by atoms with Gasteiger partial charge in [-0.1, -0.05) is 17.7 Å². The first kappa shape index (κ1) is 16.1. The van der Waals surface area contributed by atoms with Crippen LogP contribution in [0.1, 0.15) is 32.8 Å². The third-order valence-corrected chi connectivity index (χ3v) is 3.76. The number of benzene rings is 1. The van der Waals surface area contributed by atoms with Gasteiger partial charge < -0.3 is 15.0 Å². The highest BCUT2D eigenvalue weighted by Crippen LogP contribution is 2.28. The number of halogens is 1. The Balaban J connectivity index is 2.01. The third kappa shape index (κ3) is 4.35. The minimum absolute atomic E-state index is 0.0181. The lowest BCUT2D eigenvalue weighted by atomic mass is 10.1. The summed E-state index contributed by atoms with van der Waals surface area (Å²) in [4.78, 5) is 13.5. The van der Waals surface area contributed by atoms with Crippen molar-refractivity contribution in [1.82, 2.24) is 10.2 Å². The first-order valence-corrected chi connectivity index (χ1v) is 7.59. The fraction of sp³-hybridized carbons (Fsp3) is 0.562. The Morgan fingerprint density at radius 2 is 2.14 bits per heavy atom. The number of likely N-dealkylation sites (N-methyl/N-ethyl adjacent to an activating group) is 1.